The van der Waals surface area contributed by atoms with Gasteiger partial charge in [0.1, 0.15) is 0 Å². The van der Waals surface area contributed by atoms with Gasteiger partial charge in [-0.3, -0.25) is 0 Å². The van der Waals surface area contributed by atoms with Crippen LogP contribution in [0.1, 0.15) is 13.3 Å². The predicted molar refractivity (Wildman–Crippen MR) is 41.7 cm³/mol. The van der Waals surface area contributed by atoms with Crippen molar-refractivity contribution >= 4 is 15.5 Å². The van der Waals surface area contributed by atoms with E-state index >= 15 is 0 Å². The van der Waals surface area contributed by atoms with E-state index in [1.807, 2.05) is 6.92 Å². The average molecular weight is 177 g/mol. The molecule has 0 aliphatic carbocycles. The molecule has 1 N–H and O–H groups in total. The molecule has 0 amide bonds. The van der Waals surface area contributed by atoms with Crippen molar-refractivity contribution in [3.8, 4) is 0 Å². The van der Waals surface area contributed by atoms with Crippen molar-refractivity contribution in [2.45, 2.75) is 13.3 Å². The smallest absolute Gasteiger partial charge is 0.155 e. The molecule has 0 radical (unpaired) electrons. The van der Waals surface area contributed by atoms with Gasteiger partial charge in [0.25, 0.3) is 0 Å². The first-order valence-corrected chi connectivity index (χ1v) is 5.28. The van der Waals surface area contributed by atoms with E-state index in [1.165, 1.54) is 0 Å². The van der Waals surface area contributed by atoms with Crippen molar-refractivity contribution in [1.29, 1.82) is 0 Å². The third-order valence-electron chi connectivity index (χ3n) is 1.93. The van der Waals surface area contributed by atoms with Crippen LogP contribution in [0.25, 0.3) is 0 Å². The molecule has 64 valence electrons. The molecule has 0 aromatic rings. The van der Waals surface area contributed by atoms with Crippen LogP contribution in [-0.4, -0.2) is 30.8 Å². The molecule has 0 bridgehead atoms. The molecule has 1 rings (SSSR count). The highest BCUT2D eigenvalue weighted by Crippen LogP contribution is 2.15. The number of hydrogen-bond acceptors (Lipinski definition) is 4. The van der Waals surface area contributed by atoms with E-state index in [2.05, 4.69) is 5.16 Å². The second-order valence-corrected chi connectivity index (χ2v) is 5.06. The quantitative estimate of drug-likeness (QED) is 0.426. The maximum absolute atomic E-state index is 11.0. The van der Waals surface area contributed by atoms with Crippen LogP contribution in [0.3, 0.4) is 0 Å². The summed E-state index contributed by atoms with van der Waals surface area (Å²) >= 11 is 0. The Labute approximate surface area is 65.8 Å². The Morgan fingerprint density at radius 3 is 2.73 bits per heavy atom. The summed E-state index contributed by atoms with van der Waals surface area (Å²) in [6.45, 7) is 1.86. The molecule has 5 heteroatoms. The number of oxime groups is 1. The standard InChI is InChI=1S/C6H11NO3S/c1-5-2-3-11(9,10)4-6(5)7-8/h5,8H,2-4H2,1H3/b7-6+. The minimum Gasteiger partial charge on any atom is -0.411 e. The second-order valence-electron chi connectivity index (χ2n) is 2.87. The molecule has 11 heavy (non-hydrogen) atoms. The van der Waals surface area contributed by atoms with Crippen LogP contribution in [0.15, 0.2) is 5.16 Å². The van der Waals surface area contributed by atoms with Gasteiger partial charge < -0.3 is 5.21 Å². The topological polar surface area (TPSA) is 66.7 Å². The van der Waals surface area contributed by atoms with Crippen LogP contribution in [0.4, 0.5) is 0 Å². The van der Waals surface area contributed by atoms with Gasteiger partial charge in [-0.25, -0.2) is 8.42 Å². The number of rotatable bonds is 0. The third-order valence-corrected chi connectivity index (χ3v) is 3.52. The zero-order valence-corrected chi connectivity index (χ0v) is 7.13. The van der Waals surface area contributed by atoms with Gasteiger partial charge in [-0.05, 0) is 12.3 Å². The zero-order chi connectivity index (χ0) is 8.48. The first kappa shape index (κ1) is 8.52. The van der Waals surface area contributed by atoms with E-state index in [4.69, 9.17) is 5.21 Å². The molecule has 0 aromatic heterocycles. The van der Waals surface area contributed by atoms with Crippen molar-refractivity contribution in [2.24, 2.45) is 11.1 Å². The van der Waals surface area contributed by atoms with Gasteiger partial charge in [0.05, 0.1) is 17.2 Å². The second kappa shape index (κ2) is 2.81. The van der Waals surface area contributed by atoms with Crippen LogP contribution >= 0.6 is 0 Å². The molecule has 4 nitrogen and oxygen atoms in total. The van der Waals surface area contributed by atoms with Crippen LogP contribution in [0.5, 0.6) is 0 Å². The lowest BCUT2D eigenvalue weighted by molar-refractivity contribution is 0.314. The minimum absolute atomic E-state index is 0.0787. The fraction of sp³-hybridized carbons (Fsp3) is 0.833. The van der Waals surface area contributed by atoms with Gasteiger partial charge >= 0.3 is 0 Å². The van der Waals surface area contributed by atoms with E-state index in [0.717, 1.165) is 0 Å². The minimum atomic E-state index is -2.97. The van der Waals surface area contributed by atoms with E-state index in [-0.39, 0.29) is 17.4 Å². The Bertz CT molecular complexity index is 268. The number of hydrogen-bond donors (Lipinski definition) is 1. The van der Waals surface area contributed by atoms with Gasteiger partial charge in [0, 0.05) is 0 Å². The van der Waals surface area contributed by atoms with Gasteiger partial charge in [0.2, 0.25) is 0 Å². The molecular weight excluding hydrogens is 166 g/mol. The van der Waals surface area contributed by atoms with Crippen molar-refractivity contribution in [1.82, 2.24) is 0 Å². The van der Waals surface area contributed by atoms with Crippen molar-refractivity contribution in [3.63, 3.8) is 0 Å². The predicted octanol–water partition coefficient (Wildman–Crippen LogP) is 0.271. The normalized spacial score (nSPS) is 33.9. The maximum atomic E-state index is 11.0. The van der Waals surface area contributed by atoms with E-state index in [9.17, 15) is 8.42 Å². The summed E-state index contributed by atoms with van der Waals surface area (Å²) in [5, 5.41) is 11.4. The molecule has 1 unspecified atom stereocenters. The third kappa shape index (κ3) is 1.92. The van der Waals surface area contributed by atoms with Crippen molar-refractivity contribution < 1.29 is 13.6 Å². The summed E-state index contributed by atoms with van der Waals surface area (Å²) < 4.78 is 21.9. The highest BCUT2D eigenvalue weighted by atomic mass is 32.2. The molecule has 1 fully saturated rings. The lowest BCUT2D eigenvalue weighted by atomic mass is 10.0. The summed E-state index contributed by atoms with van der Waals surface area (Å²) in [7, 11) is -2.97. The lowest BCUT2D eigenvalue weighted by Crippen LogP contribution is -2.31. The van der Waals surface area contributed by atoms with E-state index < -0.39 is 9.84 Å². The Kier molecular flexibility index (Phi) is 2.17. The zero-order valence-electron chi connectivity index (χ0n) is 6.32. The Morgan fingerprint density at radius 2 is 2.27 bits per heavy atom. The highest BCUT2D eigenvalue weighted by Gasteiger charge is 2.26. The Balaban J connectivity index is 2.83. The first-order chi connectivity index (χ1) is 5.05. The first-order valence-electron chi connectivity index (χ1n) is 3.46. The average Bonchev–Trinajstić information content (AvgIpc) is 1.94. The summed E-state index contributed by atoms with van der Waals surface area (Å²) in [6, 6.07) is 0. The van der Waals surface area contributed by atoms with Gasteiger partial charge in [0.15, 0.2) is 9.84 Å². The maximum Gasteiger partial charge on any atom is 0.155 e. The number of nitrogens with zero attached hydrogens (tertiary/aromatic N) is 1. The van der Waals surface area contributed by atoms with Gasteiger partial charge in [-0.1, -0.05) is 12.1 Å². The molecule has 1 heterocycles. The Morgan fingerprint density at radius 1 is 1.64 bits per heavy atom. The number of sulfone groups is 1. The molecule has 1 aliphatic heterocycles. The Hall–Kier alpha value is -0.580. The van der Waals surface area contributed by atoms with E-state index in [0.29, 0.717) is 12.1 Å². The highest BCUT2D eigenvalue weighted by molar-refractivity contribution is 7.92. The van der Waals surface area contributed by atoms with Gasteiger partial charge in [-0.15, -0.1) is 0 Å². The molecule has 0 spiro atoms. The summed E-state index contributed by atoms with van der Waals surface area (Å²) in [4.78, 5) is 0. The monoisotopic (exact) mass is 177 g/mol. The van der Waals surface area contributed by atoms with E-state index in [1.54, 1.807) is 0 Å². The summed E-state index contributed by atoms with van der Waals surface area (Å²) in [6.07, 6.45) is 0.571. The molecular formula is C6H11NO3S. The van der Waals surface area contributed by atoms with Crippen LogP contribution in [0, 0.1) is 5.92 Å². The lowest BCUT2D eigenvalue weighted by Gasteiger charge is -2.18. The van der Waals surface area contributed by atoms with Gasteiger partial charge in [-0.2, -0.15) is 0 Å². The fourth-order valence-corrected chi connectivity index (χ4v) is 2.74. The summed E-state index contributed by atoms with van der Waals surface area (Å²) in [5.74, 6) is 0.237. The SMILES string of the molecule is CC1CCS(=O)(=O)C/C1=N\O. The molecule has 1 aliphatic rings. The fourth-order valence-electron chi connectivity index (χ4n) is 1.09. The van der Waals surface area contributed by atoms with Crippen LogP contribution in [-0.2, 0) is 9.84 Å². The van der Waals surface area contributed by atoms with Crippen molar-refractivity contribution in [3.05, 3.63) is 0 Å². The van der Waals surface area contributed by atoms with Crippen LogP contribution in [0.2, 0.25) is 0 Å². The van der Waals surface area contributed by atoms with Crippen LogP contribution < -0.4 is 0 Å². The van der Waals surface area contributed by atoms with Crippen molar-refractivity contribution in [2.75, 3.05) is 11.5 Å². The summed E-state index contributed by atoms with van der Waals surface area (Å²) in [5.41, 5.74) is 0.385. The molecule has 0 aromatic carbocycles. The largest absolute Gasteiger partial charge is 0.411 e. The molecule has 1 atom stereocenters. The molecule has 0 saturated carbocycles. The molecule has 1 saturated heterocycles.